The molecule has 0 atom stereocenters. The van der Waals surface area contributed by atoms with Gasteiger partial charge in [-0.2, -0.15) is 10.4 Å². The standard InChI is InChI=1S/C28H27N9O/c1-31-16-22(14-29)24-19-37-28(23(15-30)18-33-37)27(34-24)21-7-8-25(32-17-21)35-9-11-36(12-10-35)26(38)13-20-5-3-2-4-6-20/h2-8,14,16-19,29,31H,9-13H2,1H3/b22-16+,29-14?. The molecule has 2 N–H and O–H groups in total. The van der Waals surface area contributed by atoms with Gasteiger partial charge in [0.1, 0.15) is 23.0 Å². The summed E-state index contributed by atoms with van der Waals surface area (Å²) < 4.78 is 1.61. The Balaban J connectivity index is 1.35. The van der Waals surface area contributed by atoms with Gasteiger partial charge >= 0.3 is 0 Å². The number of allylic oxidation sites excluding steroid dienone is 1. The summed E-state index contributed by atoms with van der Waals surface area (Å²) >= 11 is 0. The second-order valence-electron chi connectivity index (χ2n) is 8.91. The van der Waals surface area contributed by atoms with Crippen molar-refractivity contribution in [3.8, 4) is 17.3 Å². The van der Waals surface area contributed by atoms with Gasteiger partial charge in [-0.1, -0.05) is 30.3 Å². The molecule has 190 valence electrons. The number of carbonyl (C=O) groups is 1. The van der Waals surface area contributed by atoms with Crippen molar-refractivity contribution in [2.75, 3.05) is 38.1 Å². The van der Waals surface area contributed by atoms with Gasteiger partial charge in [0.15, 0.2) is 0 Å². The third kappa shape index (κ3) is 4.95. The van der Waals surface area contributed by atoms with Gasteiger partial charge in [0, 0.05) is 63.0 Å². The predicted octanol–water partition coefficient (Wildman–Crippen LogP) is 2.76. The average molecular weight is 506 g/mol. The van der Waals surface area contributed by atoms with Crippen LogP contribution in [0.2, 0.25) is 0 Å². The van der Waals surface area contributed by atoms with Crippen molar-refractivity contribution >= 4 is 29.0 Å². The fraction of sp³-hybridized carbons (Fsp3) is 0.214. The number of carbonyl (C=O) groups excluding carboxylic acids is 1. The molecule has 1 fully saturated rings. The Morgan fingerprint density at radius 3 is 2.58 bits per heavy atom. The van der Waals surface area contributed by atoms with Crippen LogP contribution in [-0.4, -0.2) is 69.8 Å². The van der Waals surface area contributed by atoms with E-state index in [4.69, 9.17) is 15.4 Å². The number of nitriles is 1. The molecule has 0 radical (unpaired) electrons. The molecule has 10 nitrogen and oxygen atoms in total. The molecule has 1 amide bonds. The van der Waals surface area contributed by atoms with Crippen LogP contribution in [0.3, 0.4) is 0 Å². The third-order valence-electron chi connectivity index (χ3n) is 6.54. The zero-order valence-corrected chi connectivity index (χ0v) is 21.0. The maximum atomic E-state index is 12.7. The normalized spacial score (nSPS) is 13.8. The SMILES string of the molecule is CN/C=C(\C=N)c1cn2ncc(C#N)c2c(-c2ccc(N3CCN(C(=O)Cc4ccccc4)CC3)nc2)n1. The number of piperazine rings is 1. The third-order valence-corrected chi connectivity index (χ3v) is 6.54. The summed E-state index contributed by atoms with van der Waals surface area (Å²) in [6, 6.07) is 15.9. The number of benzene rings is 1. The lowest BCUT2D eigenvalue weighted by Gasteiger charge is -2.35. The average Bonchev–Trinajstić information content (AvgIpc) is 3.39. The predicted molar refractivity (Wildman–Crippen MR) is 146 cm³/mol. The summed E-state index contributed by atoms with van der Waals surface area (Å²) in [6.07, 6.45) is 8.27. The molecule has 0 saturated carbocycles. The van der Waals surface area contributed by atoms with Gasteiger partial charge in [0.2, 0.25) is 5.91 Å². The highest BCUT2D eigenvalue weighted by atomic mass is 16.2. The monoisotopic (exact) mass is 505 g/mol. The van der Waals surface area contributed by atoms with Crippen LogP contribution in [0.1, 0.15) is 16.8 Å². The van der Waals surface area contributed by atoms with Crippen molar-refractivity contribution < 1.29 is 4.79 Å². The zero-order valence-electron chi connectivity index (χ0n) is 21.0. The Morgan fingerprint density at radius 2 is 1.92 bits per heavy atom. The van der Waals surface area contributed by atoms with E-state index in [9.17, 15) is 10.1 Å². The number of pyridine rings is 1. The Bertz CT molecular complexity index is 1530. The first-order chi connectivity index (χ1) is 18.6. The van der Waals surface area contributed by atoms with Crippen molar-refractivity contribution in [2.24, 2.45) is 0 Å². The molecule has 0 unspecified atom stereocenters. The van der Waals surface area contributed by atoms with Crippen LogP contribution < -0.4 is 10.2 Å². The fourth-order valence-corrected chi connectivity index (χ4v) is 4.56. The van der Waals surface area contributed by atoms with Crippen LogP contribution in [0, 0.1) is 16.7 Å². The van der Waals surface area contributed by atoms with Gasteiger partial charge in [-0.25, -0.2) is 14.5 Å². The minimum atomic E-state index is 0.139. The molecule has 38 heavy (non-hydrogen) atoms. The molecule has 0 bridgehead atoms. The smallest absolute Gasteiger partial charge is 0.227 e. The molecule has 5 rings (SSSR count). The molecule has 1 aliphatic heterocycles. The van der Waals surface area contributed by atoms with Crippen LogP contribution in [-0.2, 0) is 11.2 Å². The highest BCUT2D eigenvalue weighted by Crippen LogP contribution is 2.28. The minimum absolute atomic E-state index is 0.139. The van der Waals surface area contributed by atoms with Crippen LogP contribution in [0.4, 0.5) is 5.82 Å². The number of hydrogen-bond donors (Lipinski definition) is 2. The summed E-state index contributed by atoms with van der Waals surface area (Å²) in [5, 5.41) is 24.6. The molecule has 10 heteroatoms. The topological polar surface area (TPSA) is 126 Å². The second-order valence-corrected chi connectivity index (χ2v) is 8.91. The van der Waals surface area contributed by atoms with E-state index in [1.807, 2.05) is 47.4 Å². The second kappa shape index (κ2) is 10.9. The van der Waals surface area contributed by atoms with Gasteiger partial charge in [-0.15, -0.1) is 0 Å². The first kappa shape index (κ1) is 24.6. The fourth-order valence-electron chi connectivity index (χ4n) is 4.56. The van der Waals surface area contributed by atoms with Gasteiger partial charge < -0.3 is 20.5 Å². The van der Waals surface area contributed by atoms with E-state index in [1.54, 1.807) is 30.2 Å². The van der Waals surface area contributed by atoms with Crippen molar-refractivity contribution in [1.82, 2.24) is 29.8 Å². The molecule has 1 aliphatic rings. The van der Waals surface area contributed by atoms with Crippen LogP contribution in [0.15, 0.2) is 67.3 Å². The molecule has 3 aromatic heterocycles. The highest BCUT2D eigenvalue weighted by molar-refractivity contribution is 6.07. The number of hydrogen-bond acceptors (Lipinski definition) is 8. The van der Waals surface area contributed by atoms with E-state index in [0.717, 1.165) is 16.9 Å². The van der Waals surface area contributed by atoms with Gasteiger partial charge in [-0.05, 0) is 17.7 Å². The molecule has 4 heterocycles. The minimum Gasteiger partial charge on any atom is -0.393 e. The van der Waals surface area contributed by atoms with Gasteiger partial charge in [-0.3, -0.25) is 4.79 Å². The molecule has 1 saturated heterocycles. The van der Waals surface area contributed by atoms with Crippen molar-refractivity contribution in [2.45, 2.75) is 6.42 Å². The van der Waals surface area contributed by atoms with Crippen LogP contribution in [0.25, 0.3) is 22.3 Å². The number of nitrogens with one attached hydrogen (secondary N) is 2. The first-order valence-electron chi connectivity index (χ1n) is 12.3. The van der Waals surface area contributed by atoms with E-state index in [1.165, 1.54) is 12.4 Å². The Morgan fingerprint density at radius 1 is 1.13 bits per heavy atom. The van der Waals surface area contributed by atoms with Gasteiger partial charge in [0.05, 0.1) is 30.2 Å². The number of rotatable bonds is 7. The maximum absolute atomic E-state index is 12.7. The first-order valence-corrected chi connectivity index (χ1v) is 12.3. The Hall–Kier alpha value is -5.04. The molecule has 1 aromatic carbocycles. The van der Waals surface area contributed by atoms with E-state index in [-0.39, 0.29) is 5.91 Å². The summed E-state index contributed by atoms with van der Waals surface area (Å²) in [7, 11) is 1.76. The summed E-state index contributed by atoms with van der Waals surface area (Å²) in [6.45, 7) is 2.68. The number of nitrogens with zero attached hydrogens (tertiary/aromatic N) is 7. The number of fused-ring (bicyclic) bond motifs is 1. The van der Waals surface area contributed by atoms with Crippen molar-refractivity contribution in [3.63, 3.8) is 0 Å². The molecule has 4 aromatic rings. The zero-order chi connectivity index (χ0) is 26.5. The summed E-state index contributed by atoms with van der Waals surface area (Å²) in [5.41, 5.74) is 4.45. The number of anilines is 1. The lowest BCUT2D eigenvalue weighted by molar-refractivity contribution is -0.130. The summed E-state index contributed by atoms with van der Waals surface area (Å²) in [4.78, 5) is 26.3. The maximum Gasteiger partial charge on any atom is 0.227 e. The van der Waals surface area contributed by atoms with E-state index < -0.39 is 0 Å². The molecule has 0 spiro atoms. The van der Waals surface area contributed by atoms with E-state index >= 15 is 0 Å². The van der Waals surface area contributed by atoms with E-state index in [2.05, 4.69) is 21.4 Å². The van der Waals surface area contributed by atoms with Crippen LogP contribution >= 0.6 is 0 Å². The molecular formula is C28H27N9O. The van der Waals surface area contributed by atoms with Crippen molar-refractivity contribution in [1.29, 1.82) is 10.7 Å². The van der Waals surface area contributed by atoms with Gasteiger partial charge in [0.25, 0.3) is 0 Å². The highest BCUT2D eigenvalue weighted by Gasteiger charge is 2.22. The Kier molecular flexibility index (Phi) is 7.08. The number of amides is 1. The molecule has 0 aliphatic carbocycles. The lowest BCUT2D eigenvalue weighted by atomic mass is 10.1. The largest absolute Gasteiger partial charge is 0.393 e. The quantitative estimate of drug-likeness (QED) is 0.370. The number of aromatic nitrogens is 4. The summed E-state index contributed by atoms with van der Waals surface area (Å²) in [5.74, 6) is 0.959. The van der Waals surface area contributed by atoms with E-state index in [0.29, 0.717) is 60.6 Å². The molecular weight excluding hydrogens is 478 g/mol. The van der Waals surface area contributed by atoms with Crippen LogP contribution in [0.5, 0.6) is 0 Å². The Labute approximate surface area is 220 Å². The van der Waals surface area contributed by atoms with Crippen molar-refractivity contribution in [3.05, 3.63) is 84.1 Å². The lowest BCUT2D eigenvalue weighted by Crippen LogP contribution is -2.49.